The van der Waals surface area contributed by atoms with Gasteiger partial charge in [-0.05, 0) is 35.7 Å². The molecule has 0 amide bonds. The molecule has 2 nitrogen and oxygen atoms in total. The summed E-state index contributed by atoms with van der Waals surface area (Å²) in [5.41, 5.74) is 11.3. The number of rotatable bonds is 2. The minimum absolute atomic E-state index is 0.339. The fourth-order valence-electron chi connectivity index (χ4n) is 3.22. The molecule has 0 bridgehead atoms. The lowest BCUT2D eigenvalue weighted by atomic mass is 9.87. The summed E-state index contributed by atoms with van der Waals surface area (Å²) in [4.78, 5) is 2.54. The van der Waals surface area contributed by atoms with Gasteiger partial charge in [-0.1, -0.05) is 49.4 Å². The molecular weight excluding hydrogens is 244 g/mol. The van der Waals surface area contributed by atoms with Crippen LogP contribution in [0, 0.1) is 0 Å². The molecule has 0 fully saturated rings. The van der Waals surface area contributed by atoms with E-state index in [-0.39, 0.29) is 0 Å². The number of likely N-dealkylation sites (N-methyl/N-ethyl adjacent to an activating group) is 1. The van der Waals surface area contributed by atoms with Gasteiger partial charge in [0, 0.05) is 18.7 Å². The van der Waals surface area contributed by atoms with Gasteiger partial charge >= 0.3 is 0 Å². The molecule has 2 N–H and O–H groups in total. The van der Waals surface area contributed by atoms with E-state index in [1.165, 1.54) is 16.7 Å². The van der Waals surface area contributed by atoms with Gasteiger partial charge in [0.2, 0.25) is 0 Å². The average Bonchev–Trinajstić information content (AvgIpc) is 2.70. The summed E-state index contributed by atoms with van der Waals surface area (Å²) in [5, 5.41) is 0. The van der Waals surface area contributed by atoms with Crippen molar-refractivity contribution in [2.24, 2.45) is 5.73 Å². The molecule has 1 heterocycles. The zero-order chi connectivity index (χ0) is 13.9. The summed E-state index contributed by atoms with van der Waals surface area (Å²) < 4.78 is 0. The molecule has 0 saturated carbocycles. The first kappa shape index (κ1) is 13.2. The molecule has 1 aliphatic heterocycles. The molecule has 104 valence electrons. The lowest BCUT2D eigenvalue weighted by molar-refractivity contribution is 0.224. The van der Waals surface area contributed by atoms with Gasteiger partial charge in [-0.2, -0.15) is 0 Å². The SMILES string of the molecule is CCN1CCc2ccccc2C1C1=CC=CCC(N)=C1. The van der Waals surface area contributed by atoms with Crippen molar-refractivity contribution in [1.29, 1.82) is 0 Å². The van der Waals surface area contributed by atoms with Crippen LogP contribution in [0.5, 0.6) is 0 Å². The highest BCUT2D eigenvalue weighted by Crippen LogP contribution is 2.36. The predicted octanol–water partition coefficient (Wildman–Crippen LogP) is 3.33. The van der Waals surface area contributed by atoms with Crippen molar-refractivity contribution < 1.29 is 0 Å². The van der Waals surface area contributed by atoms with Crippen molar-refractivity contribution in [3.8, 4) is 0 Å². The van der Waals surface area contributed by atoms with Crippen molar-refractivity contribution in [1.82, 2.24) is 4.90 Å². The van der Waals surface area contributed by atoms with E-state index in [2.05, 4.69) is 60.4 Å². The molecule has 1 aromatic rings. The van der Waals surface area contributed by atoms with Gasteiger partial charge in [-0.15, -0.1) is 0 Å². The highest BCUT2D eigenvalue weighted by atomic mass is 15.2. The normalized spacial score (nSPS) is 22.8. The summed E-state index contributed by atoms with van der Waals surface area (Å²) in [6.07, 6.45) is 10.6. The molecule has 2 aliphatic rings. The van der Waals surface area contributed by atoms with E-state index in [9.17, 15) is 0 Å². The summed E-state index contributed by atoms with van der Waals surface area (Å²) in [5.74, 6) is 0. The van der Waals surface area contributed by atoms with Crippen LogP contribution in [-0.2, 0) is 6.42 Å². The van der Waals surface area contributed by atoms with Crippen LogP contribution in [0.2, 0.25) is 0 Å². The van der Waals surface area contributed by atoms with Crippen LogP contribution >= 0.6 is 0 Å². The zero-order valence-corrected chi connectivity index (χ0v) is 12.0. The third kappa shape index (κ3) is 2.44. The Labute approximate surface area is 121 Å². The Morgan fingerprint density at radius 2 is 2.15 bits per heavy atom. The van der Waals surface area contributed by atoms with Crippen LogP contribution in [0.4, 0.5) is 0 Å². The highest BCUT2D eigenvalue weighted by molar-refractivity contribution is 5.44. The molecular formula is C18H22N2. The Balaban J connectivity index is 2.07. The Hall–Kier alpha value is -1.80. The number of hydrogen-bond donors (Lipinski definition) is 1. The second-order valence-electron chi connectivity index (χ2n) is 5.50. The third-order valence-corrected chi connectivity index (χ3v) is 4.24. The predicted molar refractivity (Wildman–Crippen MR) is 84.2 cm³/mol. The molecule has 0 saturated heterocycles. The van der Waals surface area contributed by atoms with Crippen molar-refractivity contribution >= 4 is 0 Å². The number of fused-ring (bicyclic) bond motifs is 1. The number of benzene rings is 1. The van der Waals surface area contributed by atoms with Gasteiger partial charge in [-0.25, -0.2) is 0 Å². The third-order valence-electron chi connectivity index (χ3n) is 4.24. The van der Waals surface area contributed by atoms with Crippen LogP contribution in [0.3, 0.4) is 0 Å². The van der Waals surface area contributed by atoms with Crippen LogP contribution in [0.15, 0.2) is 59.8 Å². The first-order valence-corrected chi connectivity index (χ1v) is 7.44. The maximum atomic E-state index is 6.09. The molecule has 1 atom stereocenters. The fourth-order valence-corrected chi connectivity index (χ4v) is 3.22. The molecule has 2 heteroatoms. The summed E-state index contributed by atoms with van der Waals surface area (Å²) in [6.45, 7) is 4.42. The van der Waals surface area contributed by atoms with E-state index >= 15 is 0 Å². The molecule has 1 aliphatic carbocycles. The number of allylic oxidation sites excluding steroid dienone is 3. The molecule has 20 heavy (non-hydrogen) atoms. The Bertz CT molecular complexity index is 581. The van der Waals surface area contributed by atoms with Crippen molar-refractivity contribution in [3.63, 3.8) is 0 Å². The fraction of sp³-hybridized carbons (Fsp3) is 0.333. The summed E-state index contributed by atoms with van der Waals surface area (Å²) in [6, 6.07) is 9.15. The van der Waals surface area contributed by atoms with E-state index in [1.54, 1.807) is 0 Å². The van der Waals surface area contributed by atoms with Gasteiger partial charge in [0.05, 0.1) is 6.04 Å². The smallest absolute Gasteiger partial charge is 0.0605 e. The molecule has 0 aromatic heterocycles. The van der Waals surface area contributed by atoms with Gasteiger partial charge in [0.1, 0.15) is 0 Å². The Morgan fingerprint density at radius 3 is 3.00 bits per heavy atom. The number of nitrogens with two attached hydrogens (primary N) is 1. The largest absolute Gasteiger partial charge is 0.402 e. The Kier molecular flexibility index (Phi) is 3.75. The standard InChI is InChI=1S/C18H22N2/c1-2-20-12-11-14-7-4-6-10-17(14)18(20)15-8-3-5-9-16(19)13-15/h3-8,10,13,18H,2,9,11-12,19H2,1H3. The zero-order valence-electron chi connectivity index (χ0n) is 12.0. The first-order valence-electron chi connectivity index (χ1n) is 7.44. The van der Waals surface area contributed by atoms with Gasteiger partial charge in [0.15, 0.2) is 0 Å². The van der Waals surface area contributed by atoms with Crippen molar-refractivity contribution in [3.05, 3.63) is 71.0 Å². The molecule has 0 radical (unpaired) electrons. The maximum absolute atomic E-state index is 6.09. The molecule has 3 rings (SSSR count). The molecule has 0 spiro atoms. The van der Waals surface area contributed by atoms with Crippen molar-refractivity contribution in [2.75, 3.05) is 13.1 Å². The Morgan fingerprint density at radius 1 is 1.30 bits per heavy atom. The van der Waals surface area contributed by atoms with Crippen molar-refractivity contribution in [2.45, 2.75) is 25.8 Å². The monoisotopic (exact) mass is 266 g/mol. The average molecular weight is 266 g/mol. The second kappa shape index (κ2) is 5.68. The van der Waals surface area contributed by atoms with Crippen LogP contribution < -0.4 is 5.73 Å². The minimum Gasteiger partial charge on any atom is -0.402 e. The van der Waals surface area contributed by atoms with Gasteiger partial charge in [0.25, 0.3) is 0 Å². The van der Waals surface area contributed by atoms with Gasteiger partial charge in [-0.3, -0.25) is 4.90 Å². The van der Waals surface area contributed by atoms with E-state index in [0.29, 0.717) is 6.04 Å². The van der Waals surface area contributed by atoms with E-state index in [4.69, 9.17) is 5.73 Å². The molecule has 1 aromatic carbocycles. The van der Waals surface area contributed by atoms with Crippen LogP contribution in [0.25, 0.3) is 0 Å². The topological polar surface area (TPSA) is 29.3 Å². The van der Waals surface area contributed by atoms with E-state index in [0.717, 1.165) is 31.6 Å². The summed E-state index contributed by atoms with van der Waals surface area (Å²) in [7, 11) is 0. The number of nitrogens with zero attached hydrogens (tertiary/aromatic N) is 1. The van der Waals surface area contributed by atoms with Crippen LogP contribution in [0.1, 0.15) is 30.5 Å². The van der Waals surface area contributed by atoms with Crippen LogP contribution in [-0.4, -0.2) is 18.0 Å². The lowest BCUT2D eigenvalue weighted by Crippen LogP contribution is -2.36. The number of hydrogen-bond acceptors (Lipinski definition) is 2. The van der Waals surface area contributed by atoms with E-state index in [1.807, 2.05) is 0 Å². The lowest BCUT2D eigenvalue weighted by Gasteiger charge is -2.37. The second-order valence-corrected chi connectivity index (χ2v) is 5.50. The quantitative estimate of drug-likeness (QED) is 0.889. The highest BCUT2D eigenvalue weighted by Gasteiger charge is 2.28. The van der Waals surface area contributed by atoms with Gasteiger partial charge < -0.3 is 5.73 Å². The van der Waals surface area contributed by atoms with E-state index < -0.39 is 0 Å². The maximum Gasteiger partial charge on any atom is 0.0605 e. The summed E-state index contributed by atoms with van der Waals surface area (Å²) >= 11 is 0. The first-order chi connectivity index (χ1) is 9.79. The minimum atomic E-state index is 0.339. The molecule has 1 unspecified atom stereocenters.